The van der Waals surface area contributed by atoms with Crippen LogP contribution in [0.25, 0.3) is 11.1 Å². The van der Waals surface area contributed by atoms with Crippen molar-refractivity contribution in [1.82, 2.24) is 0 Å². The molecule has 5 heteroatoms. The number of amides is 1. The van der Waals surface area contributed by atoms with E-state index in [1.165, 1.54) is 12.1 Å². The second kappa shape index (κ2) is 5.13. The van der Waals surface area contributed by atoms with Crippen LogP contribution in [0.2, 0.25) is 0 Å². The van der Waals surface area contributed by atoms with Crippen LogP contribution in [-0.4, -0.2) is 10.8 Å². The number of non-ortho nitro benzene ring substituents is 1. The molecule has 102 valence electrons. The molecule has 0 aliphatic carbocycles. The van der Waals surface area contributed by atoms with E-state index in [4.69, 9.17) is 5.73 Å². The van der Waals surface area contributed by atoms with Gasteiger partial charge in [-0.05, 0) is 31.0 Å². The highest BCUT2D eigenvalue weighted by Crippen LogP contribution is 2.28. The number of nitrogens with two attached hydrogens (primary N) is 1. The molecule has 0 aliphatic rings. The number of nitro groups is 1. The number of nitrogens with zero attached hydrogens (tertiary/aromatic N) is 1. The molecule has 0 unspecified atom stereocenters. The molecule has 2 rings (SSSR count). The van der Waals surface area contributed by atoms with Gasteiger partial charge in [0.15, 0.2) is 0 Å². The molecule has 0 aliphatic heterocycles. The van der Waals surface area contributed by atoms with Crippen molar-refractivity contribution in [2.24, 2.45) is 5.73 Å². The minimum absolute atomic E-state index is 0.146. The highest BCUT2D eigenvalue weighted by Gasteiger charge is 2.16. The standard InChI is InChI=1S/C15H14N2O3/c1-9-5-10(2)7-11(6-9)13-4-3-12(17(19)20)8-14(13)15(16)18/h3-8H,1-2H3,(H2,16,18). The molecule has 0 spiro atoms. The molecule has 20 heavy (non-hydrogen) atoms. The predicted molar refractivity (Wildman–Crippen MR) is 76.5 cm³/mol. The van der Waals surface area contributed by atoms with Crippen molar-refractivity contribution < 1.29 is 9.72 Å². The van der Waals surface area contributed by atoms with Crippen LogP contribution in [0, 0.1) is 24.0 Å². The summed E-state index contributed by atoms with van der Waals surface area (Å²) in [6, 6.07) is 10.0. The van der Waals surface area contributed by atoms with Gasteiger partial charge in [0.25, 0.3) is 5.69 Å². The lowest BCUT2D eigenvalue weighted by Crippen LogP contribution is -2.13. The molecule has 0 fully saturated rings. The van der Waals surface area contributed by atoms with Crippen LogP contribution >= 0.6 is 0 Å². The van der Waals surface area contributed by atoms with E-state index in [2.05, 4.69) is 0 Å². The summed E-state index contributed by atoms with van der Waals surface area (Å²) in [4.78, 5) is 21.8. The van der Waals surface area contributed by atoms with Gasteiger partial charge in [-0.1, -0.05) is 29.3 Å². The van der Waals surface area contributed by atoms with Gasteiger partial charge in [-0.15, -0.1) is 0 Å². The molecule has 2 aromatic carbocycles. The number of carbonyl (C=O) groups excluding carboxylic acids is 1. The SMILES string of the molecule is Cc1cc(C)cc(-c2ccc([N+](=O)[O-])cc2C(N)=O)c1. The molecule has 2 N–H and O–H groups in total. The van der Waals surface area contributed by atoms with E-state index in [9.17, 15) is 14.9 Å². The monoisotopic (exact) mass is 270 g/mol. The van der Waals surface area contributed by atoms with Crippen molar-refractivity contribution in [2.75, 3.05) is 0 Å². The van der Waals surface area contributed by atoms with E-state index in [1.807, 2.05) is 32.0 Å². The van der Waals surface area contributed by atoms with E-state index in [1.54, 1.807) is 6.07 Å². The fraction of sp³-hybridized carbons (Fsp3) is 0.133. The van der Waals surface area contributed by atoms with Crippen LogP contribution < -0.4 is 5.73 Å². The van der Waals surface area contributed by atoms with E-state index in [0.717, 1.165) is 16.7 Å². The molecule has 1 amide bonds. The Morgan fingerprint density at radius 2 is 1.70 bits per heavy atom. The molecule has 0 heterocycles. The van der Waals surface area contributed by atoms with Crippen molar-refractivity contribution >= 4 is 11.6 Å². The fourth-order valence-electron chi connectivity index (χ4n) is 2.23. The first kappa shape index (κ1) is 13.7. The third-order valence-corrected chi connectivity index (χ3v) is 3.01. The molecular formula is C15H14N2O3. The zero-order valence-electron chi connectivity index (χ0n) is 11.2. The molecular weight excluding hydrogens is 256 g/mol. The number of aryl methyl sites for hydroxylation is 2. The topological polar surface area (TPSA) is 86.2 Å². The number of hydrogen-bond acceptors (Lipinski definition) is 3. The fourth-order valence-corrected chi connectivity index (χ4v) is 2.23. The highest BCUT2D eigenvalue weighted by molar-refractivity contribution is 6.00. The number of rotatable bonds is 3. The molecule has 2 aromatic rings. The van der Waals surface area contributed by atoms with Crippen molar-refractivity contribution in [3.05, 3.63) is 63.2 Å². The first-order valence-corrected chi connectivity index (χ1v) is 6.05. The molecule has 0 saturated heterocycles. The minimum Gasteiger partial charge on any atom is -0.366 e. The lowest BCUT2D eigenvalue weighted by Gasteiger charge is -2.09. The molecule has 5 nitrogen and oxygen atoms in total. The van der Waals surface area contributed by atoms with Gasteiger partial charge in [0, 0.05) is 12.1 Å². The summed E-state index contributed by atoms with van der Waals surface area (Å²) in [7, 11) is 0. The lowest BCUT2D eigenvalue weighted by molar-refractivity contribution is -0.384. The maximum absolute atomic E-state index is 11.5. The summed E-state index contributed by atoms with van der Waals surface area (Å²) in [6.07, 6.45) is 0. The normalized spacial score (nSPS) is 10.3. The Labute approximate surface area is 116 Å². The van der Waals surface area contributed by atoms with Crippen molar-refractivity contribution in [2.45, 2.75) is 13.8 Å². The van der Waals surface area contributed by atoms with Gasteiger partial charge in [0.2, 0.25) is 5.91 Å². The van der Waals surface area contributed by atoms with Gasteiger partial charge in [-0.3, -0.25) is 14.9 Å². The van der Waals surface area contributed by atoms with E-state index < -0.39 is 10.8 Å². The Kier molecular flexibility index (Phi) is 3.52. The highest BCUT2D eigenvalue weighted by atomic mass is 16.6. The number of carbonyl (C=O) groups is 1. The number of hydrogen-bond donors (Lipinski definition) is 1. The maximum Gasteiger partial charge on any atom is 0.270 e. The Morgan fingerprint density at radius 3 is 2.20 bits per heavy atom. The second-order valence-electron chi connectivity index (χ2n) is 4.73. The van der Waals surface area contributed by atoms with Crippen LogP contribution in [0.15, 0.2) is 36.4 Å². The van der Waals surface area contributed by atoms with Crippen LogP contribution in [0.5, 0.6) is 0 Å². The largest absolute Gasteiger partial charge is 0.366 e. The van der Waals surface area contributed by atoms with Gasteiger partial charge >= 0.3 is 0 Å². The Morgan fingerprint density at radius 1 is 1.10 bits per heavy atom. The lowest BCUT2D eigenvalue weighted by atomic mass is 9.96. The third kappa shape index (κ3) is 2.66. The van der Waals surface area contributed by atoms with E-state index >= 15 is 0 Å². The molecule has 0 radical (unpaired) electrons. The van der Waals surface area contributed by atoms with Crippen molar-refractivity contribution in [1.29, 1.82) is 0 Å². The second-order valence-corrected chi connectivity index (χ2v) is 4.73. The summed E-state index contributed by atoms with van der Waals surface area (Å²) in [5.74, 6) is -0.678. The van der Waals surface area contributed by atoms with Gasteiger partial charge in [-0.2, -0.15) is 0 Å². The summed E-state index contributed by atoms with van der Waals surface area (Å²) in [5, 5.41) is 10.8. The summed E-state index contributed by atoms with van der Waals surface area (Å²) >= 11 is 0. The summed E-state index contributed by atoms with van der Waals surface area (Å²) < 4.78 is 0. The predicted octanol–water partition coefficient (Wildman–Crippen LogP) is 2.98. The minimum atomic E-state index is -0.678. The molecule has 0 atom stereocenters. The smallest absolute Gasteiger partial charge is 0.270 e. The number of benzene rings is 2. The van der Waals surface area contributed by atoms with Crippen LogP contribution in [-0.2, 0) is 0 Å². The number of nitro benzene ring substituents is 1. The van der Waals surface area contributed by atoms with Crippen LogP contribution in [0.3, 0.4) is 0 Å². The average Bonchev–Trinajstić information content (AvgIpc) is 2.36. The maximum atomic E-state index is 11.5. The van der Waals surface area contributed by atoms with Crippen molar-refractivity contribution in [3.8, 4) is 11.1 Å². The summed E-state index contributed by atoms with van der Waals surface area (Å²) in [5.41, 5.74) is 8.88. The first-order chi connectivity index (χ1) is 9.38. The summed E-state index contributed by atoms with van der Waals surface area (Å²) in [6.45, 7) is 3.90. The molecule has 0 saturated carbocycles. The third-order valence-electron chi connectivity index (χ3n) is 3.01. The molecule has 0 aromatic heterocycles. The van der Waals surface area contributed by atoms with Gasteiger partial charge < -0.3 is 5.73 Å². The first-order valence-electron chi connectivity index (χ1n) is 6.05. The Hall–Kier alpha value is -2.69. The van der Waals surface area contributed by atoms with Gasteiger partial charge in [-0.25, -0.2) is 0 Å². The Balaban J connectivity index is 2.67. The van der Waals surface area contributed by atoms with Crippen LogP contribution in [0.4, 0.5) is 5.69 Å². The van der Waals surface area contributed by atoms with E-state index in [-0.39, 0.29) is 11.3 Å². The van der Waals surface area contributed by atoms with E-state index in [0.29, 0.717) is 5.56 Å². The number of primary amides is 1. The quantitative estimate of drug-likeness (QED) is 0.687. The molecule has 0 bridgehead atoms. The zero-order valence-corrected chi connectivity index (χ0v) is 11.2. The van der Waals surface area contributed by atoms with Crippen molar-refractivity contribution in [3.63, 3.8) is 0 Å². The zero-order chi connectivity index (χ0) is 14.9. The van der Waals surface area contributed by atoms with Gasteiger partial charge in [0.1, 0.15) is 0 Å². The Bertz CT molecular complexity index is 688. The van der Waals surface area contributed by atoms with Gasteiger partial charge in [0.05, 0.1) is 10.5 Å². The van der Waals surface area contributed by atoms with Crippen LogP contribution in [0.1, 0.15) is 21.5 Å². The average molecular weight is 270 g/mol.